The first-order valence-corrected chi connectivity index (χ1v) is 5.83. The van der Waals surface area contributed by atoms with Gasteiger partial charge in [-0.25, -0.2) is 0 Å². The van der Waals surface area contributed by atoms with Gasteiger partial charge in [0.05, 0.1) is 0 Å². The van der Waals surface area contributed by atoms with E-state index in [0.29, 0.717) is 12.2 Å². The Kier molecular flexibility index (Phi) is 4.69. The molecule has 0 saturated carbocycles. The number of carbonyl (C=O) groups is 1. The lowest BCUT2D eigenvalue weighted by molar-refractivity contribution is 0.0923. The van der Waals surface area contributed by atoms with Crippen LogP contribution in [0.2, 0.25) is 0 Å². The Balaban J connectivity index is 2.45. The van der Waals surface area contributed by atoms with Gasteiger partial charge < -0.3 is 10.4 Å². The highest BCUT2D eigenvalue weighted by Crippen LogP contribution is 2.20. The minimum absolute atomic E-state index is 0.00299. The lowest BCUT2D eigenvalue weighted by atomic mass is 9.88. The number of aliphatic hydroxyl groups excluding tert-OH is 1. The molecule has 1 aromatic rings. The molecule has 1 heterocycles. The molecule has 0 fully saturated rings. The number of aromatic nitrogens is 2. The third-order valence-corrected chi connectivity index (χ3v) is 2.79. The molecular weight excluding hydrogens is 218 g/mol. The summed E-state index contributed by atoms with van der Waals surface area (Å²) in [4.78, 5) is 11.8. The van der Waals surface area contributed by atoms with Gasteiger partial charge in [-0.05, 0) is 24.3 Å². The highest BCUT2D eigenvalue weighted by molar-refractivity contribution is 5.92. The van der Waals surface area contributed by atoms with Crippen LogP contribution in [0, 0.1) is 5.41 Å². The molecule has 0 radical (unpaired) electrons. The van der Waals surface area contributed by atoms with E-state index < -0.39 is 0 Å². The molecule has 0 atom stereocenters. The van der Waals surface area contributed by atoms with Crippen molar-refractivity contribution in [1.82, 2.24) is 15.1 Å². The molecule has 0 aliphatic rings. The van der Waals surface area contributed by atoms with E-state index in [4.69, 9.17) is 5.11 Å². The van der Waals surface area contributed by atoms with E-state index in [1.807, 2.05) is 0 Å². The van der Waals surface area contributed by atoms with Crippen LogP contribution in [0.15, 0.2) is 12.3 Å². The van der Waals surface area contributed by atoms with Gasteiger partial charge in [0.2, 0.25) is 0 Å². The quantitative estimate of drug-likeness (QED) is 0.776. The Bertz CT molecular complexity index is 372. The lowest BCUT2D eigenvalue weighted by Crippen LogP contribution is -2.35. The summed E-state index contributed by atoms with van der Waals surface area (Å²) in [5.74, 6) is -0.109. The maximum absolute atomic E-state index is 11.8. The van der Waals surface area contributed by atoms with E-state index in [1.54, 1.807) is 24.0 Å². The van der Waals surface area contributed by atoms with Crippen LogP contribution in [0.3, 0.4) is 0 Å². The number of carbonyl (C=O) groups excluding carboxylic acids is 1. The molecule has 0 spiro atoms. The maximum atomic E-state index is 11.8. The molecule has 5 nitrogen and oxygen atoms in total. The number of rotatable bonds is 6. The number of aryl methyl sites for hydroxylation is 1. The van der Waals surface area contributed by atoms with Crippen LogP contribution >= 0.6 is 0 Å². The van der Waals surface area contributed by atoms with Crippen LogP contribution in [0.25, 0.3) is 0 Å². The Hall–Kier alpha value is -1.36. The minimum Gasteiger partial charge on any atom is -0.396 e. The fourth-order valence-corrected chi connectivity index (χ4v) is 1.65. The molecule has 0 bridgehead atoms. The molecular formula is C12H21N3O2. The molecule has 0 aromatic carbocycles. The molecule has 0 unspecified atom stereocenters. The standard InChI is InChI=1S/C12H21N3O2/c1-12(2,6-4-8-16)9-13-11(17)10-5-7-14-15(10)3/h5,7,16H,4,6,8-9H2,1-3H3,(H,13,17). The van der Waals surface area contributed by atoms with Crippen LogP contribution in [-0.4, -0.2) is 33.9 Å². The van der Waals surface area contributed by atoms with Gasteiger partial charge in [0.15, 0.2) is 0 Å². The van der Waals surface area contributed by atoms with E-state index in [2.05, 4.69) is 24.3 Å². The van der Waals surface area contributed by atoms with Gasteiger partial charge in [-0.3, -0.25) is 9.48 Å². The van der Waals surface area contributed by atoms with Gasteiger partial charge in [-0.15, -0.1) is 0 Å². The number of hydrogen-bond donors (Lipinski definition) is 2. The lowest BCUT2D eigenvalue weighted by Gasteiger charge is -2.24. The molecule has 0 saturated heterocycles. The number of nitrogens with one attached hydrogen (secondary N) is 1. The molecule has 2 N–H and O–H groups in total. The minimum atomic E-state index is -0.109. The van der Waals surface area contributed by atoms with Crippen molar-refractivity contribution in [2.45, 2.75) is 26.7 Å². The number of nitrogens with zero attached hydrogens (tertiary/aromatic N) is 2. The van der Waals surface area contributed by atoms with Crippen molar-refractivity contribution in [3.8, 4) is 0 Å². The summed E-state index contributed by atoms with van der Waals surface area (Å²) >= 11 is 0. The summed E-state index contributed by atoms with van der Waals surface area (Å²) in [6.45, 7) is 4.94. The van der Waals surface area contributed by atoms with Crippen molar-refractivity contribution in [1.29, 1.82) is 0 Å². The summed E-state index contributed by atoms with van der Waals surface area (Å²) in [5.41, 5.74) is 0.555. The zero-order chi connectivity index (χ0) is 12.9. The van der Waals surface area contributed by atoms with Crippen LogP contribution in [0.5, 0.6) is 0 Å². The SMILES string of the molecule is Cn1nccc1C(=O)NCC(C)(C)CCCO. The van der Waals surface area contributed by atoms with Gasteiger partial charge in [0, 0.05) is 26.4 Å². The van der Waals surface area contributed by atoms with Gasteiger partial charge in [0.1, 0.15) is 5.69 Å². The predicted octanol–water partition coefficient (Wildman–Crippen LogP) is 0.949. The summed E-state index contributed by atoms with van der Waals surface area (Å²) < 4.78 is 1.55. The number of aliphatic hydroxyl groups is 1. The van der Waals surface area contributed by atoms with Crippen LogP contribution in [0.4, 0.5) is 0 Å². The number of amides is 1. The van der Waals surface area contributed by atoms with E-state index in [9.17, 15) is 4.79 Å². The Morgan fingerprint density at radius 3 is 2.82 bits per heavy atom. The monoisotopic (exact) mass is 239 g/mol. The highest BCUT2D eigenvalue weighted by atomic mass is 16.2. The topological polar surface area (TPSA) is 67.2 Å². The average Bonchev–Trinajstić information content (AvgIpc) is 2.70. The second-order valence-corrected chi connectivity index (χ2v) is 5.01. The average molecular weight is 239 g/mol. The second-order valence-electron chi connectivity index (χ2n) is 5.01. The summed E-state index contributed by atoms with van der Waals surface area (Å²) in [7, 11) is 1.74. The van der Waals surface area contributed by atoms with E-state index in [0.717, 1.165) is 12.8 Å². The third kappa shape index (κ3) is 4.19. The van der Waals surface area contributed by atoms with Gasteiger partial charge in [-0.1, -0.05) is 13.8 Å². The van der Waals surface area contributed by atoms with E-state index in [1.165, 1.54) is 0 Å². The molecule has 0 aliphatic heterocycles. The first kappa shape index (κ1) is 13.7. The summed E-state index contributed by atoms with van der Waals surface area (Å²) in [5, 5.41) is 15.6. The second kappa shape index (κ2) is 5.82. The largest absolute Gasteiger partial charge is 0.396 e. The Morgan fingerprint density at radius 2 is 2.29 bits per heavy atom. The fraction of sp³-hybridized carbons (Fsp3) is 0.667. The molecule has 1 aromatic heterocycles. The third-order valence-electron chi connectivity index (χ3n) is 2.79. The first-order chi connectivity index (χ1) is 7.96. The van der Waals surface area contributed by atoms with Crippen LogP contribution < -0.4 is 5.32 Å². The Morgan fingerprint density at radius 1 is 1.59 bits per heavy atom. The zero-order valence-electron chi connectivity index (χ0n) is 10.7. The highest BCUT2D eigenvalue weighted by Gasteiger charge is 2.19. The van der Waals surface area contributed by atoms with Gasteiger partial charge in [-0.2, -0.15) is 5.10 Å². The van der Waals surface area contributed by atoms with Crippen molar-refractivity contribution in [2.24, 2.45) is 12.5 Å². The van der Waals surface area contributed by atoms with Gasteiger partial charge >= 0.3 is 0 Å². The molecule has 1 rings (SSSR count). The van der Waals surface area contributed by atoms with Crippen LogP contribution in [-0.2, 0) is 7.05 Å². The molecule has 1 amide bonds. The summed E-state index contributed by atoms with van der Waals surface area (Å²) in [6, 6.07) is 1.69. The zero-order valence-corrected chi connectivity index (χ0v) is 10.7. The summed E-state index contributed by atoms with van der Waals surface area (Å²) in [6.07, 6.45) is 3.25. The van der Waals surface area contributed by atoms with Crippen molar-refractivity contribution >= 4 is 5.91 Å². The van der Waals surface area contributed by atoms with Crippen molar-refractivity contribution in [3.05, 3.63) is 18.0 Å². The van der Waals surface area contributed by atoms with E-state index in [-0.39, 0.29) is 17.9 Å². The van der Waals surface area contributed by atoms with Crippen molar-refractivity contribution in [2.75, 3.05) is 13.2 Å². The molecule has 17 heavy (non-hydrogen) atoms. The first-order valence-electron chi connectivity index (χ1n) is 5.83. The van der Waals surface area contributed by atoms with Gasteiger partial charge in [0.25, 0.3) is 5.91 Å². The molecule has 96 valence electrons. The van der Waals surface area contributed by atoms with E-state index >= 15 is 0 Å². The van der Waals surface area contributed by atoms with Crippen molar-refractivity contribution < 1.29 is 9.90 Å². The molecule has 5 heteroatoms. The maximum Gasteiger partial charge on any atom is 0.269 e. The Labute approximate surface area is 102 Å². The van der Waals surface area contributed by atoms with Crippen LogP contribution in [0.1, 0.15) is 37.2 Å². The predicted molar refractivity (Wildman–Crippen MR) is 65.6 cm³/mol. The fourth-order valence-electron chi connectivity index (χ4n) is 1.65. The van der Waals surface area contributed by atoms with Crippen molar-refractivity contribution in [3.63, 3.8) is 0 Å². The normalized spacial score (nSPS) is 11.5. The number of hydrogen-bond acceptors (Lipinski definition) is 3. The smallest absolute Gasteiger partial charge is 0.269 e. The molecule has 0 aliphatic carbocycles.